The van der Waals surface area contributed by atoms with Crippen molar-refractivity contribution in [3.63, 3.8) is 0 Å². The van der Waals surface area contributed by atoms with E-state index in [1.54, 1.807) is 36.1 Å². The zero-order valence-electron chi connectivity index (χ0n) is 16.3. The van der Waals surface area contributed by atoms with E-state index in [1.165, 1.54) is 4.90 Å². The first-order chi connectivity index (χ1) is 12.9. The summed E-state index contributed by atoms with van der Waals surface area (Å²) in [5.74, 6) is -0.494. The minimum Gasteiger partial charge on any atom is -0.353 e. The van der Waals surface area contributed by atoms with Crippen LogP contribution in [0.1, 0.15) is 36.5 Å². The van der Waals surface area contributed by atoms with Crippen LogP contribution in [-0.4, -0.2) is 73.3 Å². The van der Waals surface area contributed by atoms with Crippen LogP contribution in [0.3, 0.4) is 0 Å². The molecule has 1 fully saturated rings. The number of amides is 3. The molecule has 2 heterocycles. The van der Waals surface area contributed by atoms with E-state index in [1.807, 2.05) is 19.0 Å². The van der Waals surface area contributed by atoms with Crippen LogP contribution in [0, 0.1) is 0 Å². The Bertz CT molecular complexity index is 734. The van der Waals surface area contributed by atoms with Crippen LogP contribution in [0.2, 0.25) is 0 Å². The molecule has 146 valence electrons. The monoisotopic (exact) mass is 372 g/mol. The maximum Gasteiger partial charge on any atom is 0.256 e. The van der Waals surface area contributed by atoms with Crippen molar-refractivity contribution in [1.82, 2.24) is 15.1 Å². The molecule has 7 heteroatoms. The average molecular weight is 372 g/mol. The molecule has 0 saturated carbocycles. The molecule has 3 amide bonds. The molecule has 0 radical (unpaired) electrons. The van der Waals surface area contributed by atoms with Gasteiger partial charge in [-0.3, -0.25) is 19.3 Å². The third-order valence-corrected chi connectivity index (χ3v) is 5.31. The molecule has 1 N–H and O–H groups in total. The molecule has 2 unspecified atom stereocenters. The number of piperidine rings is 1. The van der Waals surface area contributed by atoms with Crippen LogP contribution < -0.4 is 10.2 Å². The van der Waals surface area contributed by atoms with Crippen molar-refractivity contribution < 1.29 is 14.4 Å². The van der Waals surface area contributed by atoms with E-state index in [0.717, 1.165) is 19.4 Å². The minimum atomic E-state index is -0.685. The van der Waals surface area contributed by atoms with Crippen molar-refractivity contribution in [3.05, 3.63) is 29.8 Å². The van der Waals surface area contributed by atoms with Crippen LogP contribution in [0.25, 0.3) is 0 Å². The highest BCUT2D eigenvalue weighted by Crippen LogP contribution is 2.33. The van der Waals surface area contributed by atoms with Crippen LogP contribution in [-0.2, 0) is 9.59 Å². The van der Waals surface area contributed by atoms with Gasteiger partial charge in [-0.1, -0.05) is 12.1 Å². The summed E-state index contributed by atoms with van der Waals surface area (Å²) >= 11 is 0. The number of nitrogens with one attached hydrogen (secondary N) is 1. The molecular formula is C20H28N4O3. The first kappa shape index (κ1) is 19.4. The normalized spacial score (nSPS) is 20.8. The second-order valence-electron chi connectivity index (χ2n) is 7.51. The Balaban J connectivity index is 1.92. The number of fused-ring (bicyclic) bond motifs is 2. The van der Waals surface area contributed by atoms with Gasteiger partial charge in [-0.15, -0.1) is 0 Å². The van der Waals surface area contributed by atoms with Crippen LogP contribution in [0.15, 0.2) is 24.3 Å². The van der Waals surface area contributed by atoms with E-state index in [2.05, 4.69) is 5.32 Å². The summed E-state index contributed by atoms with van der Waals surface area (Å²) in [4.78, 5) is 44.3. The Hall–Kier alpha value is -2.41. The number of para-hydroxylation sites is 1. The third-order valence-electron chi connectivity index (χ3n) is 5.31. The largest absolute Gasteiger partial charge is 0.353 e. The van der Waals surface area contributed by atoms with Crippen molar-refractivity contribution in [3.8, 4) is 0 Å². The molecule has 0 aliphatic carbocycles. The van der Waals surface area contributed by atoms with Crippen molar-refractivity contribution in [1.29, 1.82) is 0 Å². The van der Waals surface area contributed by atoms with Gasteiger partial charge in [0.25, 0.3) is 11.8 Å². The molecule has 0 bridgehead atoms. The fourth-order valence-electron chi connectivity index (χ4n) is 3.80. The van der Waals surface area contributed by atoms with E-state index in [0.29, 0.717) is 30.8 Å². The molecule has 2 aliphatic heterocycles. The first-order valence-corrected chi connectivity index (χ1v) is 9.57. The molecule has 1 saturated heterocycles. The Morgan fingerprint density at radius 2 is 2.00 bits per heavy atom. The van der Waals surface area contributed by atoms with Crippen molar-refractivity contribution >= 4 is 23.4 Å². The van der Waals surface area contributed by atoms with Crippen LogP contribution in [0.5, 0.6) is 0 Å². The van der Waals surface area contributed by atoms with Gasteiger partial charge in [0.05, 0.1) is 11.3 Å². The van der Waals surface area contributed by atoms with Crippen molar-refractivity contribution in [2.45, 2.75) is 38.3 Å². The predicted molar refractivity (Wildman–Crippen MR) is 104 cm³/mol. The van der Waals surface area contributed by atoms with Gasteiger partial charge in [-0.25, -0.2) is 0 Å². The molecule has 1 aromatic carbocycles. The lowest BCUT2D eigenvalue weighted by molar-refractivity contribution is -0.128. The first-order valence-electron chi connectivity index (χ1n) is 9.57. The highest BCUT2D eigenvalue weighted by atomic mass is 16.2. The minimum absolute atomic E-state index is 0.119. The molecule has 27 heavy (non-hydrogen) atoms. The van der Waals surface area contributed by atoms with Gasteiger partial charge in [0.1, 0.15) is 12.1 Å². The number of rotatable bonds is 5. The van der Waals surface area contributed by atoms with E-state index in [-0.39, 0.29) is 17.7 Å². The number of anilines is 1. The molecule has 2 atom stereocenters. The topological polar surface area (TPSA) is 73.0 Å². The molecule has 7 nitrogen and oxygen atoms in total. The summed E-state index contributed by atoms with van der Waals surface area (Å²) in [5.41, 5.74) is 1.01. The predicted octanol–water partition coefficient (Wildman–Crippen LogP) is 1.09. The Kier molecular flexibility index (Phi) is 5.79. The highest BCUT2D eigenvalue weighted by molar-refractivity contribution is 6.13. The highest BCUT2D eigenvalue weighted by Gasteiger charge is 2.43. The number of carbonyl (C=O) groups excluding carboxylic acids is 3. The standard InChI is InChI=1S/C20H28N4O3/c1-14(18(25)21-11-13-22(2)3)24-16-9-5-4-8-15(16)19(26)23-12-7-6-10-17(23)20(24)27/h4-5,8-9,14,17H,6-7,10-13H2,1-3H3,(H,21,25). The maximum atomic E-state index is 13.4. The summed E-state index contributed by atoms with van der Waals surface area (Å²) < 4.78 is 0. The lowest BCUT2D eigenvalue weighted by atomic mass is 10.0. The fourth-order valence-corrected chi connectivity index (χ4v) is 3.80. The molecule has 3 rings (SSSR count). The van der Waals surface area contributed by atoms with Crippen LogP contribution >= 0.6 is 0 Å². The van der Waals surface area contributed by atoms with Gasteiger partial charge in [-0.2, -0.15) is 0 Å². The Morgan fingerprint density at radius 3 is 2.74 bits per heavy atom. The van der Waals surface area contributed by atoms with Crippen molar-refractivity contribution in [2.24, 2.45) is 0 Å². The fraction of sp³-hybridized carbons (Fsp3) is 0.550. The molecule has 0 aromatic heterocycles. The second kappa shape index (κ2) is 8.08. The molecule has 1 aromatic rings. The lowest BCUT2D eigenvalue weighted by Crippen LogP contribution is -2.55. The second-order valence-corrected chi connectivity index (χ2v) is 7.51. The van der Waals surface area contributed by atoms with Gasteiger partial charge in [0.15, 0.2) is 0 Å². The average Bonchev–Trinajstić information content (AvgIpc) is 2.75. The molecule has 0 spiro atoms. The number of hydrogen-bond donors (Lipinski definition) is 1. The smallest absolute Gasteiger partial charge is 0.256 e. The van der Waals surface area contributed by atoms with E-state index in [4.69, 9.17) is 0 Å². The van der Waals surface area contributed by atoms with Gasteiger partial charge in [0, 0.05) is 19.6 Å². The van der Waals surface area contributed by atoms with Crippen LogP contribution in [0.4, 0.5) is 5.69 Å². The quantitative estimate of drug-likeness (QED) is 0.840. The number of nitrogens with zero attached hydrogens (tertiary/aromatic N) is 3. The zero-order valence-corrected chi connectivity index (χ0v) is 16.3. The molecular weight excluding hydrogens is 344 g/mol. The van der Waals surface area contributed by atoms with E-state index in [9.17, 15) is 14.4 Å². The maximum absolute atomic E-state index is 13.4. The van der Waals surface area contributed by atoms with Crippen molar-refractivity contribution in [2.75, 3.05) is 38.6 Å². The van der Waals surface area contributed by atoms with Gasteiger partial charge < -0.3 is 15.1 Å². The summed E-state index contributed by atoms with van der Waals surface area (Å²) in [6.07, 6.45) is 2.45. The number of benzene rings is 1. The van der Waals surface area contributed by atoms with E-state index >= 15 is 0 Å². The molecule has 2 aliphatic rings. The van der Waals surface area contributed by atoms with E-state index < -0.39 is 12.1 Å². The van der Waals surface area contributed by atoms with Gasteiger partial charge >= 0.3 is 0 Å². The number of hydrogen-bond acceptors (Lipinski definition) is 4. The summed E-state index contributed by atoms with van der Waals surface area (Å²) in [7, 11) is 3.88. The summed E-state index contributed by atoms with van der Waals surface area (Å²) in [5, 5.41) is 2.89. The Morgan fingerprint density at radius 1 is 1.26 bits per heavy atom. The van der Waals surface area contributed by atoms with Gasteiger partial charge in [0.2, 0.25) is 5.91 Å². The summed E-state index contributed by atoms with van der Waals surface area (Å²) in [6, 6.07) is 5.92. The summed E-state index contributed by atoms with van der Waals surface area (Å²) in [6.45, 7) is 3.54. The third kappa shape index (κ3) is 3.83. The Labute approximate surface area is 160 Å². The zero-order chi connectivity index (χ0) is 19.6. The SMILES string of the molecule is CC(C(=O)NCCN(C)C)N1C(=O)C2CCCCN2C(=O)c2ccccc21. The number of carbonyl (C=O) groups is 3. The van der Waals surface area contributed by atoms with Gasteiger partial charge in [-0.05, 0) is 52.4 Å². The number of likely N-dealkylation sites (N-methyl/N-ethyl adjacent to an activating group) is 1. The lowest BCUT2D eigenvalue weighted by Gasteiger charge is -2.35.